The molecule has 0 bridgehead atoms. The van der Waals surface area contributed by atoms with Crippen molar-refractivity contribution in [2.24, 2.45) is 0 Å². The Hall–Kier alpha value is -0.890. The largest absolute Gasteiger partial charge is 0.375 e. The van der Waals surface area contributed by atoms with Crippen molar-refractivity contribution in [2.75, 3.05) is 6.61 Å². The molecule has 0 amide bonds. The third-order valence-corrected chi connectivity index (χ3v) is 2.02. The van der Waals surface area contributed by atoms with Gasteiger partial charge in [0.1, 0.15) is 0 Å². The lowest BCUT2D eigenvalue weighted by atomic mass is 10.1. The predicted octanol–water partition coefficient (Wildman–Crippen LogP) is 2.23. The van der Waals surface area contributed by atoms with E-state index < -0.39 is 0 Å². The normalized spacial score (nSPS) is 10.2. The smallest absolute Gasteiger partial charge is 0.0890 e. The molecule has 0 fully saturated rings. The van der Waals surface area contributed by atoms with Crippen LogP contribution in [0, 0.1) is 13.8 Å². The first-order valence-corrected chi connectivity index (χ1v) is 4.24. The van der Waals surface area contributed by atoms with Crippen LogP contribution in [0.3, 0.4) is 0 Å². The molecule has 1 aromatic rings. The number of aryl methyl sites for hydroxylation is 1. The van der Waals surface area contributed by atoms with Gasteiger partial charge in [0.2, 0.25) is 0 Å². The van der Waals surface area contributed by atoms with Gasteiger partial charge < -0.3 is 4.74 Å². The number of ether oxygens (including phenoxy) is 1. The van der Waals surface area contributed by atoms with Crippen molar-refractivity contribution in [1.29, 1.82) is 0 Å². The minimum Gasteiger partial charge on any atom is -0.375 e. The first-order valence-electron chi connectivity index (χ1n) is 4.24. The van der Waals surface area contributed by atoms with Crippen LogP contribution in [0.1, 0.15) is 23.7 Å². The van der Waals surface area contributed by atoms with E-state index in [0.717, 1.165) is 12.3 Å². The standard InChI is InChI=1S/C10H15NO/c1-4-12-7-10-9(3)8(2)5-6-11-10/h5-6H,4,7H2,1-3H3. The Labute approximate surface area is 73.6 Å². The molecule has 12 heavy (non-hydrogen) atoms. The maximum atomic E-state index is 5.29. The van der Waals surface area contributed by atoms with E-state index in [1.807, 2.05) is 19.2 Å². The number of rotatable bonds is 3. The summed E-state index contributed by atoms with van der Waals surface area (Å²) in [7, 11) is 0. The summed E-state index contributed by atoms with van der Waals surface area (Å²) < 4.78 is 5.29. The fourth-order valence-corrected chi connectivity index (χ4v) is 1.03. The van der Waals surface area contributed by atoms with E-state index >= 15 is 0 Å². The van der Waals surface area contributed by atoms with Gasteiger partial charge in [0.05, 0.1) is 12.3 Å². The molecule has 1 aromatic heterocycles. The van der Waals surface area contributed by atoms with E-state index in [0.29, 0.717) is 6.61 Å². The van der Waals surface area contributed by atoms with Gasteiger partial charge in [-0.2, -0.15) is 0 Å². The molecule has 0 aliphatic rings. The van der Waals surface area contributed by atoms with E-state index in [4.69, 9.17) is 4.74 Å². The molecule has 1 rings (SSSR count). The van der Waals surface area contributed by atoms with Crippen LogP contribution >= 0.6 is 0 Å². The van der Waals surface area contributed by atoms with Gasteiger partial charge in [-0.3, -0.25) is 4.98 Å². The third-order valence-electron chi connectivity index (χ3n) is 2.02. The molecule has 0 radical (unpaired) electrons. The van der Waals surface area contributed by atoms with Crippen molar-refractivity contribution in [1.82, 2.24) is 4.98 Å². The summed E-state index contributed by atoms with van der Waals surface area (Å²) in [6.07, 6.45) is 1.83. The van der Waals surface area contributed by atoms with Crippen molar-refractivity contribution in [3.8, 4) is 0 Å². The van der Waals surface area contributed by atoms with E-state index in [1.165, 1.54) is 11.1 Å². The van der Waals surface area contributed by atoms with Crippen LogP contribution in [0.5, 0.6) is 0 Å². The van der Waals surface area contributed by atoms with Crippen molar-refractivity contribution in [3.63, 3.8) is 0 Å². The van der Waals surface area contributed by atoms with Gasteiger partial charge in [-0.05, 0) is 38.0 Å². The van der Waals surface area contributed by atoms with Gasteiger partial charge in [0, 0.05) is 12.8 Å². The maximum absolute atomic E-state index is 5.29. The van der Waals surface area contributed by atoms with Gasteiger partial charge >= 0.3 is 0 Å². The molecule has 0 atom stereocenters. The molecule has 0 unspecified atom stereocenters. The van der Waals surface area contributed by atoms with Crippen LogP contribution in [-0.2, 0) is 11.3 Å². The highest BCUT2D eigenvalue weighted by atomic mass is 16.5. The van der Waals surface area contributed by atoms with Gasteiger partial charge in [-0.15, -0.1) is 0 Å². The molecule has 66 valence electrons. The summed E-state index contributed by atoms with van der Waals surface area (Å²) in [4.78, 5) is 4.25. The molecular formula is C10H15NO. The topological polar surface area (TPSA) is 22.1 Å². The first kappa shape index (κ1) is 9.20. The summed E-state index contributed by atoms with van der Waals surface area (Å²) in [6, 6.07) is 2.02. The van der Waals surface area contributed by atoms with Gasteiger partial charge in [-0.25, -0.2) is 0 Å². The highest BCUT2D eigenvalue weighted by Gasteiger charge is 2.00. The first-order chi connectivity index (χ1) is 5.75. The SMILES string of the molecule is CCOCc1nccc(C)c1C. The van der Waals surface area contributed by atoms with Gasteiger partial charge in [0.15, 0.2) is 0 Å². The quantitative estimate of drug-likeness (QED) is 0.685. The zero-order chi connectivity index (χ0) is 8.97. The van der Waals surface area contributed by atoms with Crippen LogP contribution in [0.25, 0.3) is 0 Å². The molecular weight excluding hydrogens is 150 g/mol. The fourth-order valence-electron chi connectivity index (χ4n) is 1.03. The van der Waals surface area contributed by atoms with Crippen LogP contribution in [0.4, 0.5) is 0 Å². The molecule has 0 saturated carbocycles. The minimum atomic E-state index is 0.629. The molecule has 0 saturated heterocycles. The molecule has 0 spiro atoms. The second-order valence-electron chi connectivity index (χ2n) is 2.84. The van der Waals surface area contributed by atoms with E-state index in [2.05, 4.69) is 18.8 Å². The van der Waals surface area contributed by atoms with Crippen molar-refractivity contribution >= 4 is 0 Å². The summed E-state index contributed by atoms with van der Waals surface area (Å²) in [5.41, 5.74) is 3.57. The number of pyridine rings is 1. The summed E-state index contributed by atoms with van der Waals surface area (Å²) in [6.45, 7) is 7.54. The van der Waals surface area contributed by atoms with E-state index in [-0.39, 0.29) is 0 Å². The Morgan fingerprint density at radius 2 is 2.17 bits per heavy atom. The fraction of sp³-hybridized carbons (Fsp3) is 0.500. The number of nitrogens with zero attached hydrogens (tertiary/aromatic N) is 1. The highest BCUT2D eigenvalue weighted by molar-refractivity contribution is 5.26. The summed E-state index contributed by atoms with van der Waals surface area (Å²) in [5.74, 6) is 0. The van der Waals surface area contributed by atoms with Crippen LogP contribution < -0.4 is 0 Å². The molecule has 2 nitrogen and oxygen atoms in total. The third kappa shape index (κ3) is 2.05. The Kier molecular flexibility index (Phi) is 3.23. The maximum Gasteiger partial charge on any atom is 0.0890 e. The van der Waals surface area contributed by atoms with Crippen LogP contribution in [-0.4, -0.2) is 11.6 Å². The second kappa shape index (κ2) is 4.21. The average Bonchev–Trinajstić information content (AvgIpc) is 2.08. The van der Waals surface area contributed by atoms with Crippen molar-refractivity contribution < 1.29 is 4.74 Å². The summed E-state index contributed by atoms with van der Waals surface area (Å²) >= 11 is 0. The highest BCUT2D eigenvalue weighted by Crippen LogP contribution is 2.10. The Morgan fingerprint density at radius 3 is 2.83 bits per heavy atom. The number of hydrogen-bond donors (Lipinski definition) is 0. The molecule has 2 heteroatoms. The Balaban J connectivity index is 2.78. The minimum absolute atomic E-state index is 0.629. The van der Waals surface area contributed by atoms with Crippen LogP contribution in [0.2, 0.25) is 0 Å². The molecule has 0 N–H and O–H groups in total. The number of hydrogen-bond acceptors (Lipinski definition) is 2. The van der Waals surface area contributed by atoms with Gasteiger partial charge in [-0.1, -0.05) is 0 Å². The Morgan fingerprint density at radius 1 is 1.42 bits per heavy atom. The number of aromatic nitrogens is 1. The molecule has 0 aliphatic heterocycles. The van der Waals surface area contributed by atoms with Gasteiger partial charge in [0.25, 0.3) is 0 Å². The lowest BCUT2D eigenvalue weighted by Crippen LogP contribution is -1.99. The molecule has 1 heterocycles. The predicted molar refractivity (Wildman–Crippen MR) is 49.0 cm³/mol. The molecule has 0 aliphatic carbocycles. The zero-order valence-electron chi connectivity index (χ0n) is 7.92. The lowest BCUT2D eigenvalue weighted by Gasteiger charge is -2.06. The summed E-state index contributed by atoms with van der Waals surface area (Å²) in [5, 5.41) is 0. The van der Waals surface area contributed by atoms with Crippen LogP contribution in [0.15, 0.2) is 12.3 Å². The average molecular weight is 165 g/mol. The van der Waals surface area contributed by atoms with E-state index in [1.54, 1.807) is 0 Å². The zero-order valence-corrected chi connectivity index (χ0v) is 7.92. The Bertz CT molecular complexity index is 258. The van der Waals surface area contributed by atoms with E-state index in [9.17, 15) is 0 Å². The lowest BCUT2D eigenvalue weighted by molar-refractivity contribution is 0.131. The van der Waals surface area contributed by atoms with Crippen molar-refractivity contribution in [2.45, 2.75) is 27.4 Å². The molecule has 0 aromatic carbocycles. The second-order valence-corrected chi connectivity index (χ2v) is 2.84. The monoisotopic (exact) mass is 165 g/mol. The van der Waals surface area contributed by atoms with Crippen molar-refractivity contribution in [3.05, 3.63) is 29.1 Å².